The van der Waals surface area contributed by atoms with Gasteiger partial charge in [0.15, 0.2) is 0 Å². The highest BCUT2D eigenvalue weighted by Gasteiger charge is 2.03. The normalized spacial score (nSPS) is 10.5. The van der Waals surface area contributed by atoms with Gasteiger partial charge < -0.3 is 10.6 Å². The van der Waals surface area contributed by atoms with Gasteiger partial charge in [-0.15, -0.1) is 11.3 Å². The van der Waals surface area contributed by atoms with Crippen molar-refractivity contribution in [2.24, 2.45) is 0 Å². The molecule has 0 aliphatic carbocycles. The fourth-order valence-corrected chi connectivity index (χ4v) is 3.49. The largest absolute Gasteiger partial charge is 0.379 e. The van der Waals surface area contributed by atoms with Gasteiger partial charge in [0.25, 0.3) is 0 Å². The van der Waals surface area contributed by atoms with Crippen LogP contribution in [0.4, 0.5) is 11.4 Å². The Morgan fingerprint density at radius 2 is 1.09 bits per heavy atom. The standard InChI is InChI=1S/C18H16Cl2N2S/c19-15-5-1-3-7-17(15)21-11-13-9-10-14(23-13)12-22-18-8-4-2-6-16(18)20/h1-10,21-22H,11-12H2. The number of halogens is 2. The average Bonchev–Trinajstić information content (AvgIpc) is 3.01. The second-order valence-electron chi connectivity index (χ2n) is 5.03. The Hall–Kier alpha value is -1.68. The van der Waals surface area contributed by atoms with Crippen molar-refractivity contribution in [2.45, 2.75) is 13.1 Å². The highest BCUT2D eigenvalue weighted by molar-refractivity contribution is 7.12. The third-order valence-electron chi connectivity index (χ3n) is 3.37. The summed E-state index contributed by atoms with van der Waals surface area (Å²) >= 11 is 14.1. The molecule has 2 N–H and O–H groups in total. The van der Waals surface area contributed by atoms with E-state index in [0.29, 0.717) is 0 Å². The molecule has 1 heterocycles. The minimum absolute atomic E-state index is 0.740. The van der Waals surface area contributed by atoms with Crippen molar-refractivity contribution in [1.29, 1.82) is 0 Å². The Bertz CT molecular complexity index is 722. The van der Waals surface area contributed by atoms with Gasteiger partial charge in [-0.2, -0.15) is 0 Å². The van der Waals surface area contributed by atoms with Gasteiger partial charge in [-0.25, -0.2) is 0 Å². The van der Waals surface area contributed by atoms with Crippen LogP contribution in [0.15, 0.2) is 60.7 Å². The minimum Gasteiger partial charge on any atom is -0.379 e. The van der Waals surface area contributed by atoms with E-state index in [9.17, 15) is 0 Å². The summed E-state index contributed by atoms with van der Waals surface area (Å²) in [5.41, 5.74) is 1.91. The van der Waals surface area contributed by atoms with Crippen molar-refractivity contribution in [3.63, 3.8) is 0 Å². The van der Waals surface area contributed by atoms with Gasteiger partial charge in [0, 0.05) is 22.8 Å². The number of rotatable bonds is 6. The molecule has 0 amide bonds. The molecule has 0 radical (unpaired) electrons. The van der Waals surface area contributed by atoms with Gasteiger partial charge in [0.2, 0.25) is 0 Å². The van der Waals surface area contributed by atoms with Crippen LogP contribution in [0.5, 0.6) is 0 Å². The van der Waals surface area contributed by atoms with Gasteiger partial charge in [0.1, 0.15) is 0 Å². The van der Waals surface area contributed by atoms with Crippen LogP contribution in [-0.2, 0) is 13.1 Å². The lowest BCUT2D eigenvalue weighted by Gasteiger charge is -2.07. The molecule has 0 bridgehead atoms. The molecule has 0 aliphatic rings. The first kappa shape index (κ1) is 16.2. The summed E-state index contributed by atoms with van der Waals surface area (Å²) in [6, 6.07) is 19.8. The zero-order chi connectivity index (χ0) is 16.1. The molecule has 0 saturated heterocycles. The molecule has 2 aromatic carbocycles. The topological polar surface area (TPSA) is 24.1 Å². The molecular formula is C18H16Cl2N2S. The van der Waals surface area contributed by atoms with Crippen LogP contribution in [0.2, 0.25) is 10.0 Å². The number of anilines is 2. The molecule has 23 heavy (non-hydrogen) atoms. The minimum atomic E-state index is 0.740. The predicted octanol–water partition coefficient (Wildman–Crippen LogP) is 6.28. The van der Waals surface area contributed by atoms with Crippen LogP contribution < -0.4 is 10.6 Å². The lowest BCUT2D eigenvalue weighted by molar-refractivity contribution is 1.19. The van der Waals surface area contributed by atoms with Crippen LogP contribution in [0, 0.1) is 0 Å². The maximum atomic E-state index is 6.15. The molecular weight excluding hydrogens is 347 g/mol. The molecule has 0 fully saturated rings. The predicted molar refractivity (Wildman–Crippen MR) is 102 cm³/mol. The number of benzene rings is 2. The second kappa shape index (κ2) is 7.73. The maximum absolute atomic E-state index is 6.15. The summed E-state index contributed by atoms with van der Waals surface area (Å²) in [7, 11) is 0. The molecule has 3 aromatic rings. The molecule has 3 rings (SSSR count). The van der Waals surface area contributed by atoms with Crippen LogP contribution in [-0.4, -0.2) is 0 Å². The van der Waals surface area contributed by atoms with E-state index in [1.165, 1.54) is 9.75 Å². The Kier molecular flexibility index (Phi) is 5.44. The third-order valence-corrected chi connectivity index (χ3v) is 5.12. The number of para-hydroxylation sites is 2. The summed E-state index contributed by atoms with van der Waals surface area (Å²) in [6.07, 6.45) is 0. The van der Waals surface area contributed by atoms with Crippen LogP contribution in [0.25, 0.3) is 0 Å². The molecule has 0 saturated carbocycles. The number of hydrogen-bond acceptors (Lipinski definition) is 3. The number of nitrogens with one attached hydrogen (secondary N) is 2. The second-order valence-corrected chi connectivity index (χ2v) is 7.10. The molecule has 5 heteroatoms. The van der Waals surface area contributed by atoms with Crippen molar-refractivity contribution < 1.29 is 0 Å². The van der Waals surface area contributed by atoms with E-state index in [1.54, 1.807) is 11.3 Å². The molecule has 2 nitrogen and oxygen atoms in total. The summed E-state index contributed by atoms with van der Waals surface area (Å²) in [5.74, 6) is 0. The van der Waals surface area contributed by atoms with Gasteiger partial charge in [-0.3, -0.25) is 0 Å². The van der Waals surface area contributed by atoms with E-state index in [2.05, 4.69) is 22.8 Å². The maximum Gasteiger partial charge on any atom is 0.0637 e. The van der Waals surface area contributed by atoms with Crippen molar-refractivity contribution in [3.8, 4) is 0 Å². The van der Waals surface area contributed by atoms with Crippen molar-refractivity contribution in [2.75, 3.05) is 10.6 Å². The summed E-state index contributed by atoms with van der Waals surface area (Å²) in [6.45, 7) is 1.53. The van der Waals surface area contributed by atoms with Gasteiger partial charge in [-0.05, 0) is 36.4 Å². The number of hydrogen-bond donors (Lipinski definition) is 2. The fourth-order valence-electron chi connectivity index (χ4n) is 2.19. The summed E-state index contributed by atoms with van der Waals surface area (Å²) in [5, 5.41) is 8.21. The SMILES string of the molecule is Clc1ccccc1NCc1ccc(CNc2ccccc2Cl)s1. The lowest BCUT2D eigenvalue weighted by Crippen LogP contribution is -1.98. The van der Waals surface area contributed by atoms with E-state index < -0.39 is 0 Å². The Morgan fingerprint density at radius 3 is 1.52 bits per heavy atom. The van der Waals surface area contributed by atoms with Gasteiger partial charge in [-0.1, -0.05) is 47.5 Å². The summed E-state index contributed by atoms with van der Waals surface area (Å²) < 4.78 is 0. The first-order chi connectivity index (χ1) is 11.2. The quantitative estimate of drug-likeness (QED) is 0.539. The molecule has 0 aliphatic heterocycles. The van der Waals surface area contributed by atoms with Crippen molar-refractivity contribution in [1.82, 2.24) is 0 Å². The van der Waals surface area contributed by atoms with E-state index in [0.717, 1.165) is 34.5 Å². The van der Waals surface area contributed by atoms with Crippen molar-refractivity contribution in [3.05, 3.63) is 80.5 Å². The molecule has 0 spiro atoms. The van der Waals surface area contributed by atoms with Gasteiger partial charge >= 0.3 is 0 Å². The number of thiophene rings is 1. The Balaban J connectivity index is 1.56. The van der Waals surface area contributed by atoms with Crippen LogP contribution >= 0.6 is 34.5 Å². The van der Waals surface area contributed by atoms with E-state index in [4.69, 9.17) is 23.2 Å². The van der Waals surface area contributed by atoms with E-state index >= 15 is 0 Å². The van der Waals surface area contributed by atoms with Crippen molar-refractivity contribution >= 4 is 45.9 Å². The molecule has 118 valence electrons. The average molecular weight is 363 g/mol. The van der Waals surface area contributed by atoms with E-state index in [1.807, 2.05) is 48.5 Å². The highest BCUT2D eigenvalue weighted by atomic mass is 35.5. The first-order valence-corrected chi connectivity index (χ1v) is 8.84. The Morgan fingerprint density at radius 1 is 0.652 bits per heavy atom. The third kappa shape index (κ3) is 4.41. The molecule has 1 aromatic heterocycles. The van der Waals surface area contributed by atoms with Crippen LogP contribution in [0.3, 0.4) is 0 Å². The van der Waals surface area contributed by atoms with Crippen LogP contribution in [0.1, 0.15) is 9.75 Å². The first-order valence-electron chi connectivity index (χ1n) is 7.27. The zero-order valence-electron chi connectivity index (χ0n) is 12.4. The van der Waals surface area contributed by atoms with E-state index in [-0.39, 0.29) is 0 Å². The lowest BCUT2D eigenvalue weighted by atomic mass is 10.3. The fraction of sp³-hybridized carbons (Fsp3) is 0.111. The molecule has 0 atom stereocenters. The smallest absolute Gasteiger partial charge is 0.0637 e. The molecule has 0 unspecified atom stereocenters. The highest BCUT2D eigenvalue weighted by Crippen LogP contribution is 2.25. The summed E-state index contributed by atoms with van der Waals surface area (Å²) in [4.78, 5) is 2.53. The Labute approximate surface area is 150 Å². The zero-order valence-corrected chi connectivity index (χ0v) is 14.7. The van der Waals surface area contributed by atoms with Gasteiger partial charge in [0.05, 0.1) is 21.4 Å². The monoisotopic (exact) mass is 362 g/mol.